The Morgan fingerprint density at radius 1 is 1.38 bits per heavy atom. The second kappa shape index (κ2) is 7.36. The SMILES string of the molecule is CN(Cc1cc(F)cc(C=CC(=O)O)c1)CC1CCCC1. The largest absolute Gasteiger partial charge is 0.478 e. The summed E-state index contributed by atoms with van der Waals surface area (Å²) in [5, 5.41) is 8.63. The summed E-state index contributed by atoms with van der Waals surface area (Å²) >= 11 is 0. The van der Waals surface area contributed by atoms with Gasteiger partial charge in [0.15, 0.2) is 0 Å². The van der Waals surface area contributed by atoms with Gasteiger partial charge in [0.2, 0.25) is 0 Å². The Hall–Kier alpha value is -1.68. The van der Waals surface area contributed by atoms with Gasteiger partial charge in [-0.05, 0) is 55.1 Å². The van der Waals surface area contributed by atoms with Gasteiger partial charge in [0.05, 0.1) is 0 Å². The smallest absolute Gasteiger partial charge is 0.328 e. The van der Waals surface area contributed by atoms with E-state index in [4.69, 9.17) is 5.11 Å². The highest BCUT2D eigenvalue weighted by Gasteiger charge is 2.16. The summed E-state index contributed by atoms with van der Waals surface area (Å²) in [6, 6.07) is 4.71. The maximum Gasteiger partial charge on any atom is 0.328 e. The van der Waals surface area contributed by atoms with Crippen molar-refractivity contribution in [2.45, 2.75) is 32.2 Å². The van der Waals surface area contributed by atoms with Gasteiger partial charge in [0, 0.05) is 19.2 Å². The van der Waals surface area contributed by atoms with E-state index in [1.54, 1.807) is 0 Å². The van der Waals surface area contributed by atoms with Gasteiger partial charge >= 0.3 is 5.97 Å². The first-order valence-corrected chi connectivity index (χ1v) is 7.42. The Morgan fingerprint density at radius 2 is 2.10 bits per heavy atom. The van der Waals surface area contributed by atoms with Crippen LogP contribution in [0, 0.1) is 11.7 Å². The van der Waals surface area contributed by atoms with Crippen molar-refractivity contribution < 1.29 is 14.3 Å². The molecule has 0 saturated heterocycles. The summed E-state index contributed by atoms with van der Waals surface area (Å²) < 4.78 is 13.6. The molecule has 21 heavy (non-hydrogen) atoms. The molecule has 3 nitrogen and oxygen atoms in total. The maximum absolute atomic E-state index is 13.6. The minimum atomic E-state index is -1.03. The summed E-state index contributed by atoms with van der Waals surface area (Å²) in [7, 11) is 2.05. The zero-order valence-corrected chi connectivity index (χ0v) is 12.4. The van der Waals surface area contributed by atoms with Crippen molar-refractivity contribution in [1.29, 1.82) is 0 Å². The van der Waals surface area contributed by atoms with Crippen LogP contribution in [-0.4, -0.2) is 29.6 Å². The molecule has 1 aromatic carbocycles. The predicted octanol–water partition coefficient (Wildman–Crippen LogP) is 3.55. The lowest BCUT2D eigenvalue weighted by molar-refractivity contribution is -0.131. The minimum absolute atomic E-state index is 0.327. The van der Waals surface area contributed by atoms with Crippen LogP contribution >= 0.6 is 0 Å². The molecule has 0 bridgehead atoms. The van der Waals surface area contributed by atoms with Crippen LogP contribution in [0.5, 0.6) is 0 Å². The Bertz CT molecular complexity index is 522. The van der Waals surface area contributed by atoms with Crippen LogP contribution in [-0.2, 0) is 11.3 Å². The summed E-state index contributed by atoms with van der Waals surface area (Å²) in [6.07, 6.45) is 7.68. The number of hydrogen-bond donors (Lipinski definition) is 1. The molecule has 0 atom stereocenters. The number of nitrogens with zero attached hydrogens (tertiary/aromatic N) is 1. The van der Waals surface area contributed by atoms with E-state index >= 15 is 0 Å². The van der Waals surface area contributed by atoms with E-state index < -0.39 is 5.97 Å². The fraction of sp³-hybridized carbons (Fsp3) is 0.471. The summed E-state index contributed by atoms with van der Waals surface area (Å²) in [5.74, 6) is -0.596. The lowest BCUT2D eigenvalue weighted by Gasteiger charge is -2.21. The van der Waals surface area contributed by atoms with Crippen LogP contribution in [0.3, 0.4) is 0 Å². The lowest BCUT2D eigenvalue weighted by atomic mass is 10.1. The van der Waals surface area contributed by atoms with Crippen LogP contribution in [0.25, 0.3) is 6.08 Å². The van der Waals surface area contributed by atoms with Gasteiger partial charge in [-0.2, -0.15) is 0 Å². The maximum atomic E-state index is 13.6. The first-order chi connectivity index (χ1) is 10.0. The summed E-state index contributed by atoms with van der Waals surface area (Å²) in [5.41, 5.74) is 1.46. The topological polar surface area (TPSA) is 40.5 Å². The second-order valence-electron chi connectivity index (χ2n) is 5.91. The molecule has 0 aliphatic heterocycles. The van der Waals surface area contributed by atoms with Crippen LogP contribution in [0.15, 0.2) is 24.3 Å². The van der Waals surface area contributed by atoms with E-state index in [1.807, 2.05) is 6.07 Å². The molecule has 2 rings (SSSR count). The molecular weight excluding hydrogens is 269 g/mol. The van der Waals surface area contributed by atoms with Crippen LogP contribution in [0.1, 0.15) is 36.8 Å². The fourth-order valence-corrected chi connectivity index (χ4v) is 3.04. The van der Waals surface area contributed by atoms with Gasteiger partial charge in [-0.3, -0.25) is 0 Å². The Balaban J connectivity index is 1.99. The number of carbonyl (C=O) groups is 1. The molecule has 0 unspecified atom stereocenters. The van der Waals surface area contributed by atoms with Crippen LogP contribution in [0.2, 0.25) is 0 Å². The van der Waals surface area contributed by atoms with E-state index in [1.165, 1.54) is 43.9 Å². The molecule has 0 amide bonds. The molecule has 1 saturated carbocycles. The molecule has 1 fully saturated rings. The first kappa shape index (κ1) is 15.7. The number of carboxylic acids is 1. The van der Waals surface area contributed by atoms with E-state index in [-0.39, 0.29) is 5.82 Å². The molecule has 0 spiro atoms. The fourth-order valence-electron chi connectivity index (χ4n) is 3.04. The van der Waals surface area contributed by atoms with Crippen molar-refractivity contribution in [3.63, 3.8) is 0 Å². The Morgan fingerprint density at radius 3 is 2.76 bits per heavy atom. The summed E-state index contributed by atoms with van der Waals surface area (Å²) in [6.45, 7) is 1.72. The zero-order valence-electron chi connectivity index (χ0n) is 12.4. The number of halogens is 1. The average Bonchev–Trinajstić information content (AvgIpc) is 2.88. The van der Waals surface area contributed by atoms with Gasteiger partial charge in [0.1, 0.15) is 5.82 Å². The van der Waals surface area contributed by atoms with Crippen molar-refractivity contribution in [2.24, 2.45) is 5.92 Å². The normalized spacial score (nSPS) is 16.1. The van der Waals surface area contributed by atoms with Crippen molar-refractivity contribution in [3.8, 4) is 0 Å². The highest BCUT2D eigenvalue weighted by Crippen LogP contribution is 2.25. The monoisotopic (exact) mass is 291 g/mol. The molecule has 0 radical (unpaired) electrons. The second-order valence-corrected chi connectivity index (χ2v) is 5.91. The Kier molecular flexibility index (Phi) is 5.51. The average molecular weight is 291 g/mol. The van der Waals surface area contributed by atoms with Gasteiger partial charge in [-0.1, -0.05) is 18.9 Å². The van der Waals surface area contributed by atoms with Gasteiger partial charge in [-0.25, -0.2) is 9.18 Å². The molecule has 1 N–H and O–H groups in total. The third-order valence-electron chi connectivity index (χ3n) is 3.90. The quantitative estimate of drug-likeness (QED) is 0.815. The Labute approximate surface area is 125 Å². The number of benzene rings is 1. The molecular formula is C17H22FNO2. The van der Waals surface area contributed by atoms with Crippen molar-refractivity contribution >= 4 is 12.0 Å². The molecule has 0 heterocycles. The van der Waals surface area contributed by atoms with Crippen LogP contribution < -0.4 is 0 Å². The van der Waals surface area contributed by atoms with E-state index in [0.717, 1.165) is 24.1 Å². The lowest BCUT2D eigenvalue weighted by Crippen LogP contribution is -2.24. The third-order valence-corrected chi connectivity index (χ3v) is 3.90. The van der Waals surface area contributed by atoms with E-state index in [9.17, 15) is 9.18 Å². The van der Waals surface area contributed by atoms with Crippen molar-refractivity contribution in [3.05, 3.63) is 41.2 Å². The first-order valence-electron chi connectivity index (χ1n) is 7.42. The van der Waals surface area contributed by atoms with Crippen molar-refractivity contribution in [1.82, 2.24) is 4.90 Å². The number of hydrogen-bond acceptors (Lipinski definition) is 2. The van der Waals surface area contributed by atoms with Crippen molar-refractivity contribution in [2.75, 3.05) is 13.6 Å². The molecule has 1 aliphatic rings. The van der Waals surface area contributed by atoms with Crippen LogP contribution in [0.4, 0.5) is 4.39 Å². The minimum Gasteiger partial charge on any atom is -0.478 e. The summed E-state index contributed by atoms with van der Waals surface area (Å²) in [4.78, 5) is 12.7. The molecule has 1 aromatic rings. The number of carboxylic acid groups (broad SMARTS) is 1. The molecule has 1 aliphatic carbocycles. The number of rotatable bonds is 6. The van der Waals surface area contributed by atoms with Gasteiger partial charge < -0.3 is 10.0 Å². The van der Waals surface area contributed by atoms with E-state index in [0.29, 0.717) is 12.1 Å². The van der Waals surface area contributed by atoms with Gasteiger partial charge in [0.25, 0.3) is 0 Å². The van der Waals surface area contributed by atoms with E-state index in [2.05, 4.69) is 11.9 Å². The number of aliphatic carboxylic acids is 1. The standard InChI is InChI=1S/C17H22FNO2/c1-19(11-13-4-2-3-5-13)12-15-8-14(6-7-17(20)21)9-16(18)10-15/h6-10,13H,2-5,11-12H2,1H3,(H,20,21). The van der Waals surface area contributed by atoms with Gasteiger partial charge in [-0.15, -0.1) is 0 Å². The molecule has 114 valence electrons. The zero-order chi connectivity index (χ0) is 15.2. The molecule has 4 heteroatoms. The highest BCUT2D eigenvalue weighted by atomic mass is 19.1. The highest BCUT2D eigenvalue weighted by molar-refractivity contribution is 5.85. The molecule has 0 aromatic heterocycles. The third kappa shape index (κ3) is 5.31. The predicted molar refractivity (Wildman–Crippen MR) is 81.4 cm³/mol.